The van der Waals surface area contributed by atoms with Gasteiger partial charge in [0.2, 0.25) is 0 Å². The van der Waals surface area contributed by atoms with Crippen LogP contribution in [-0.4, -0.2) is 53.1 Å². The number of carboxylic acid groups (broad SMARTS) is 1. The number of aliphatic carboxylic acids is 1. The van der Waals surface area contributed by atoms with Gasteiger partial charge in [0.25, 0.3) is 0 Å². The summed E-state index contributed by atoms with van der Waals surface area (Å²) < 4.78 is 0. The monoisotopic (exact) mass is 281 g/mol. The number of urea groups is 1. The van der Waals surface area contributed by atoms with E-state index in [1.807, 2.05) is 6.92 Å². The molecule has 2 unspecified atom stereocenters. The summed E-state index contributed by atoms with van der Waals surface area (Å²) in [6.45, 7) is 3.19. The van der Waals surface area contributed by atoms with Gasteiger partial charge in [0.05, 0.1) is 12.5 Å². The maximum absolute atomic E-state index is 12.3. The molecule has 6 nitrogen and oxygen atoms in total. The fraction of sp³-hybridized carbons (Fsp3) is 0.786. The van der Waals surface area contributed by atoms with Crippen molar-refractivity contribution in [1.82, 2.24) is 9.80 Å². The third-order valence-electron chi connectivity index (χ3n) is 3.91. The molecule has 6 heteroatoms. The van der Waals surface area contributed by atoms with Crippen molar-refractivity contribution in [2.75, 3.05) is 20.1 Å². The van der Waals surface area contributed by atoms with Gasteiger partial charge in [-0.2, -0.15) is 5.26 Å². The Kier molecular flexibility index (Phi) is 6.29. The minimum absolute atomic E-state index is 0.0622. The zero-order valence-corrected chi connectivity index (χ0v) is 12.2. The van der Waals surface area contributed by atoms with Crippen LogP contribution in [0.4, 0.5) is 4.79 Å². The average Bonchev–Trinajstić information content (AvgIpc) is 2.44. The number of rotatable bonds is 5. The van der Waals surface area contributed by atoms with Gasteiger partial charge in [-0.05, 0) is 32.1 Å². The number of hydrogen-bond donors (Lipinski definition) is 1. The smallest absolute Gasteiger partial charge is 0.320 e. The van der Waals surface area contributed by atoms with Crippen molar-refractivity contribution in [3.63, 3.8) is 0 Å². The van der Waals surface area contributed by atoms with Crippen molar-refractivity contribution < 1.29 is 14.7 Å². The Hall–Kier alpha value is -1.77. The lowest BCUT2D eigenvalue weighted by Crippen LogP contribution is -2.48. The van der Waals surface area contributed by atoms with Gasteiger partial charge >= 0.3 is 12.0 Å². The molecule has 0 aliphatic carbocycles. The summed E-state index contributed by atoms with van der Waals surface area (Å²) in [6, 6.07) is 1.90. The number of carbonyl (C=O) groups excluding carboxylic acids is 1. The van der Waals surface area contributed by atoms with Gasteiger partial charge in [0, 0.05) is 32.6 Å². The van der Waals surface area contributed by atoms with E-state index < -0.39 is 5.97 Å². The predicted molar refractivity (Wildman–Crippen MR) is 74.0 cm³/mol. The fourth-order valence-corrected chi connectivity index (χ4v) is 2.48. The summed E-state index contributed by atoms with van der Waals surface area (Å²) in [6.07, 6.45) is 2.99. The molecule has 0 aromatic carbocycles. The van der Waals surface area contributed by atoms with Crippen LogP contribution >= 0.6 is 0 Å². The van der Waals surface area contributed by atoms with E-state index in [1.165, 1.54) is 0 Å². The molecule has 1 aliphatic heterocycles. The van der Waals surface area contributed by atoms with Crippen molar-refractivity contribution in [2.24, 2.45) is 5.92 Å². The Morgan fingerprint density at radius 1 is 1.55 bits per heavy atom. The lowest BCUT2D eigenvalue weighted by atomic mass is 9.93. The van der Waals surface area contributed by atoms with Gasteiger partial charge in [0.1, 0.15) is 0 Å². The highest BCUT2D eigenvalue weighted by molar-refractivity contribution is 5.74. The van der Waals surface area contributed by atoms with E-state index in [4.69, 9.17) is 10.4 Å². The summed E-state index contributed by atoms with van der Waals surface area (Å²) in [4.78, 5) is 26.3. The van der Waals surface area contributed by atoms with Gasteiger partial charge in [-0.1, -0.05) is 0 Å². The number of carbonyl (C=O) groups is 2. The van der Waals surface area contributed by atoms with Gasteiger partial charge in [0.15, 0.2) is 0 Å². The molecule has 0 saturated carbocycles. The van der Waals surface area contributed by atoms with E-state index in [1.54, 1.807) is 16.8 Å². The van der Waals surface area contributed by atoms with Gasteiger partial charge < -0.3 is 14.9 Å². The molecule has 0 spiro atoms. The van der Waals surface area contributed by atoms with Gasteiger partial charge in [-0.25, -0.2) is 4.79 Å². The Morgan fingerprint density at radius 3 is 2.85 bits per heavy atom. The number of carboxylic acids is 1. The van der Waals surface area contributed by atoms with E-state index >= 15 is 0 Å². The summed E-state index contributed by atoms with van der Waals surface area (Å²) >= 11 is 0. The molecule has 0 aromatic rings. The fourth-order valence-electron chi connectivity index (χ4n) is 2.48. The third kappa shape index (κ3) is 4.72. The number of piperidine rings is 1. The topological polar surface area (TPSA) is 84.6 Å². The molecule has 0 bridgehead atoms. The summed E-state index contributed by atoms with van der Waals surface area (Å²) in [5, 5.41) is 17.4. The van der Waals surface area contributed by atoms with E-state index in [9.17, 15) is 9.59 Å². The lowest BCUT2D eigenvalue weighted by molar-refractivity contribution is -0.137. The highest BCUT2D eigenvalue weighted by atomic mass is 16.4. The molecule has 0 aromatic heterocycles. The second-order valence-electron chi connectivity index (χ2n) is 5.49. The molecule has 1 N–H and O–H groups in total. The Labute approximate surface area is 120 Å². The molecule has 20 heavy (non-hydrogen) atoms. The van der Waals surface area contributed by atoms with Crippen LogP contribution in [0.25, 0.3) is 0 Å². The molecule has 1 saturated heterocycles. The first-order chi connectivity index (χ1) is 9.45. The van der Waals surface area contributed by atoms with Crippen molar-refractivity contribution in [2.45, 2.75) is 45.1 Å². The van der Waals surface area contributed by atoms with Gasteiger partial charge in [-0.3, -0.25) is 4.79 Å². The minimum Gasteiger partial charge on any atom is -0.481 e. The number of nitriles is 1. The van der Waals surface area contributed by atoms with E-state index in [2.05, 4.69) is 6.07 Å². The molecule has 1 rings (SSSR count). The van der Waals surface area contributed by atoms with Crippen molar-refractivity contribution in [1.29, 1.82) is 5.26 Å². The highest BCUT2D eigenvalue weighted by Gasteiger charge is 2.27. The zero-order valence-electron chi connectivity index (χ0n) is 12.2. The first-order valence-electron chi connectivity index (χ1n) is 7.06. The maximum Gasteiger partial charge on any atom is 0.320 e. The largest absolute Gasteiger partial charge is 0.481 e. The summed E-state index contributed by atoms with van der Waals surface area (Å²) in [5.74, 6) is -0.517. The highest BCUT2D eigenvalue weighted by Crippen LogP contribution is 2.22. The van der Waals surface area contributed by atoms with Crippen LogP contribution in [0, 0.1) is 17.2 Å². The molecular formula is C14H23N3O3. The molecule has 2 atom stereocenters. The van der Waals surface area contributed by atoms with Crippen molar-refractivity contribution in [3.8, 4) is 6.07 Å². The van der Waals surface area contributed by atoms with Crippen LogP contribution in [0.2, 0.25) is 0 Å². The SMILES string of the molecule is CC(CC#N)N(C)C(=O)N1CCCC(CCC(=O)O)C1. The maximum atomic E-state index is 12.3. The first-order valence-corrected chi connectivity index (χ1v) is 7.06. The number of likely N-dealkylation sites (tertiary alicyclic amines) is 1. The Bertz CT molecular complexity index is 392. The molecule has 112 valence electrons. The molecule has 1 fully saturated rings. The van der Waals surface area contributed by atoms with Crippen LogP contribution in [0.1, 0.15) is 39.0 Å². The number of nitrogens with zero attached hydrogens (tertiary/aromatic N) is 3. The Morgan fingerprint density at radius 2 is 2.25 bits per heavy atom. The predicted octanol–water partition coefficient (Wildman–Crippen LogP) is 1.92. The van der Waals surface area contributed by atoms with Crippen molar-refractivity contribution in [3.05, 3.63) is 0 Å². The number of hydrogen-bond acceptors (Lipinski definition) is 3. The molecular weight excluding hydrogens is 258 g/mol. The summed E-state index contributed by atoms with van der Waals surface area (Å²) in [5.41, 5.74) is 0. The molecule has 2 amide bonds. The van der Waals surface area contributed by atoms with Crippen molar-refractivity contribution >= 4 is 12.0 Å². The number of amides is 2. The molecule has 0 radical (unpaired) electrons. The average molecular weight is 281 g/mol. The standard InChI is InChI=1S/C14H23N3O3/c1-11(7-8-15)16(2)14(20)17-9-3-4-12(10-17)5-6-13(18)19/h11-12H,3-7,9-10H2,1-2H3,(H,18,19). The molecule has 1 aliphatic rings. The van der Waals surface area contributed by atoms with Crippen LogP contribution in [0.5, 0.6) is 0 Å². The van der Waals surface area contributed by atoms with Crippen LogP contribution in [0.3, 0.4) is 0 Å². The van der Waals surface area contributed by atoms with Gasteiger partial charge in [-0.15, -0.1) is 0 Å². The van der Waals surface area contributed by atoms with E-state index in [0.717, 1.165) is 12.8 Å². The summed E-state index contributed by atoms with van der Waals surface area (Å²) in [7, 11) is 1.71. The molecule has 1 heterocycles. The quantitative estimate of drug-likeness (QED) is 0.834. The van der Waals surface area contributed by atoms with Crippen LogP contribution in [-0.2, 0) is 4.79 Å². The van der Waals surface area contributed by atoms with E-state index in [0.29, 0.717) is 25.9 Å². The third-order valence-corrected chi connectivity index (χ3v) is 3.91. The van der Waals surface area contributed by atoms with E-state index in [-0.39, 0.29) is 24.4 Å². The lowest BCUT2D eigenvalue weighted by Gasteiger charge is -2.36. The normalized spacial score (nSPS) is 20.1. The Balaban J connectivity index is 2.51. The minimum atomic E-state index is -0.784. The first kappa shape index (κ1) is 16.3. The zero-order chi connectivity index (χ0) is 15.1. The van der Waals surface area contributed by atoms with Crippen LogP contribution < -0.4 is 0 Å². The second kappa shape index (κ2) is 7.73. The van der Waals surface area contributed by atoms with Crippen LogP contribution in [0.15, 0.2) is 0 Å². The second-order valence-corrected chi connectivity index (χ2v) is 5.49.